The maximum atomic E-state index is 13.3. The lowest BCUT2D eigenvalue weighted by molar-refractivity contribution is -0.127. The van der Waals surface area contributed by atoms with E-state index in [9.17, 15) is 14.4 Å². The lowest BCUT2D eigenvalue weighted by Gasteiger charge is -2.33. The van der Waals surface area contributed by atoms with Crippen LogP contribution in [0.1, 0.15) is 50.3 Å². The molecule has 58 heavy (non-hydrogen) atoms. The number of benzene rings is 2. The molecule has 0 radical (unpaired) electrons. The summed E-state index contributed by atoms with van der Waals surface area (Å²) in [6.07, 6.45) is 16.3. The van der Waals surface area contributed by atoms with Crippen LogP contribution in [0.3, 0.4) is 0 Å². The monoisotopic (exact) mass is 812 g/mol. The number of nitrogens with one attached hydrogen (secondary N) is 5. The van der Waals surface area contributed by atoms with Crippen molar-refractivity contribution in [2.75, 3.05) is 58.2 Å². The molecule has 314 valence electrons. The number of carbonyl (C=O) groups is 4. The molecule has 1 fully saturated rings. The van der Waals surface area contributed by atoms with Crippen molar-refractivity contribution in [3.8, 4) is 12.3 Å². The first-order valence-corrected chi connectivity index (χ1v) is 20.1. The summed E-state index contributed by atoms with van der Waals surface area (Å²) in [5, 5.41) is 11.5. The summed E-state index contributed by atoms with van der Waals surface area (Å²) >= 11 is 1.30. The number of nitrogens with zero attached hydrogens (tertiary/aromatic N) is 2. The van der Waals surface area contributed by atoms with Crippen LogP contribution in [-0.2, 0) is 38.7 Å². The average Bonchev–Trinajstić information content (AvgIpc) is 3.25. The minimum Gasteiger partial charge on any atom is -0.389 e. The Kier molecular flexibility index (Phi) is 27.0. The molecule has 0 aliphatic carbocycles. The Bertz CT molecular complexity index is 1690. The molecule has 3 amide bonds. The molecule has 1 unspecified atom stereocenters. The second kappa shape index (κ2) is 30.8. The van der Waals surface area contributed by atoms with Gasteiger partial charge in [-0.25, -0.2) is 4.72 Å². The first-order chi connectivity index (χ1) is 28.0. The summed E-state index contributed by atoms with van der Waals surface area (Å²) in [7, 11) is 1.84. The van der Waals surface area contributed by atoms with Gasteiger partial charge in [-0.1, -0.05) is 86.4 Å². The molecule has 0 saturated carbocycles. The van der Waals surface area contributed by atoms with Gasteiger partial charge in [0.2, 0.25) is 17.7 Å². The van der Waals surface area contributed by atoms with Crippen molar-refractivity contribution in [1.29, 1.82) is 0 Å². The van der Waals surface area contributed by atoms with Gasteiger partial charge in [-0.3, -0.25) is 14.4 Å². The van der Waals surface area contributed by atoms with Crippen molar-refractivity contribution in [2.24, 2.45) is 5.73 Å². The Morgan fingerprint density at radius 2 is 1.55 bits per heavy atom. The number of piperazine rings is 1. The molecule has 13 heteroatoms. The van der Waals surface area contributed by atoms with E-state index in [1.165, 1.54) is 11.9 Å². The largest absolute Gasteiger partial charge is 0.389 e. The van der Waals surface area contributed by atoms with Crippen LogP contribution in [-0.4, -0.2) is 93.2 Å². The highest BCUT2D eigenvalue weighted by atomic mass is 32.2. The topological polar surface area (TPSA) is 161 Å². The van der Waals surface area contributed by atoms with Crippen molar-refractivity contribution in [2.45, 2.75) is 59.2 Å². The Labute approximate surface area is 351 Å². The van der Waals surface area contributed by atoms with Gasteiger partial charge in [-0.15, -0.1) is 12.3 Å². The van der Waals surface area contributed by atoms with Gasteiger partial charge < -0.3 is 41.6 Å². The summed E-state index contributed by atoms with van der Waals surface area (Å²) in [5.41, 5.74) is 11.1. The highest BCUT2D eigenvalue weighted by Crippen LogP contribution is 2.19. The fourth-order valence-electron chi connectivity index (χ4n) is 5.21. The number of hydrogen-bond acceptors (Lipinski definition) is 10. The second-order valence-corrected chi connectivity index (χ2v) is 14.2. The van der Waals surface area contributed by atoms with Crippen molar-refractivity contribution in [3.63, 3.8) is 0 Å². The van der Waals surface area contributed by atoms with Gasteiger partial charge in [-0.2, -0.15) is 0 Å². The molecule has 1 atom stereocenters. The normalized spacial score (nSPS) is 13.6. The second-order valence-electron chi connectivity index (χ2n) is 13.3. The molecule has 3 rings (SSSR count). The van der Waals surface area contributed by atoms with Crippen LogP contribution in [0, 0.1) is 12.3 Å². The first kappa shape index (κ1) is 50.8. The zero-order chi connectivity index (χ0) is 43.1. The van der Waals surface area contributed by atoms with Gasteiger partial charge in [0.1, 0.15) is 12.8 Å². The molecule has 1 heterocycles. The number of likely N-dealkylation sites (N-methyl/N-ethyl adjacent to an activating group) is 2. The zero-order valence-corrected chi connectivity index (χ0v) is 35.6. The molecule has 2 aromatic rings. The van der Waals surface area contributed by atoms with E-state index in [0.29, 0.717) is 38.0 Å². The number of allylic oxidation sites excluding steroid dienone is 7. The lowest BCUT2D eigenvalue weighted by atomic mass is 10.1. The standard InChI is InChI=1S/C36H49N7O3S.C8H13N.CH2O/c1-4-7-9-32(8-5-2)47-41-33(36(46)39-27-35(45)38-26-30-12-10-29(25-37)11-13-30)24-28-14-16-31(17-15-28)40-34(44)18-19-43-22-20-42(6-3)21-23-43;1-7(2)5-6-8(3)9-4;1-2/h2,4,7,9-17,33,41H,6,8,18-27,37H2,1,3H3,(H,38,45)(H,39,46)(H,40,44);5-6,9H,1,3H2,2,4H3;1H2/b7-4-,32-9+;6-5-;. The number of anilines is 1. The number of carbonyl (C=O) groups excluding carboxylic acids is 4. The SMILES string of the molecule is C#CC/C(=C\C=C/C)SNC(Cc1ccc(NC(=O)CCN2CCN(CC)CC2)cc1)C(=O)NCC(=O)NCc1ccc(CN)cc1.C=C(C)/C=C\C(=C)NC.C=O. The van der Waals surface area contributed by atoms with E-state index in [0.717, 1.165) is 72.1 Å². The highest BCUT2D eigenvalue weighted by molar-refractivity contribution is 8.01. The van der Waals surface area contributed by atoms with Crippen LogP contribution in [0.5, 0.6) is 0 Å². The molecule has 2 aromatic carbocycles. The van der Waals surface area contributed by atoms with E-state index in [-0.39, 0.29) is 24.3 Å². The number of terminal acetylenes is 1. The number of nitrogens with two attached hydrogens (primary N) is 1. The molecule has 1 saturated heterocycles. The van der Waals surface area contributed by atoms with Crippen molar-refractivity contribution < 1.29 is 19.2 Å². The van der Waals surface area contributed by atoms with Crippen LogP contribution in [0.25, 0.3) is 0 Å². The third-order valence-electron chi connectivity index (χ3n) is 8.71. The summed E-state index contributed by atoms with van der Waals surface area (Å²) in [6.45, 7) is 22.0. The van der Waals surface area contributed by atoms with Gasteiger partial charge in [0.15, 0.2) is 0 Å². The van der Waals surface area contributed by atoms with E-state index < -0.39 is 6.04 Å². The first-order valence-electron chi connectivity index (χ1n) is 19.3. The number of rotatable bonds is 21. The van der Waals surface area contributed by atoms with Crippen LogP contribution >= 0.6 is 11.9 Å². The molecule has 12 nitrogen and oxygen atoms in total. The fraction of sp³-hybridized carbons (Fsp3) is 0.378. The average molecular weight is 813 g/mol. The molecular weight excluding hydrogens is 749 g/mol. The Morgan fingerprint density at radius 3 is 2.12 bits per heavy atom. The summed E-state index contributed by atoms with van der Waals surface area (Å²) in [4.78, 5) is 52.1. The van der Waals surface area contributed by atoms with Gasteiger partial charge in [0.05, 0.1) is 6.54 Å². The fourth-order valence-corrected chi connectivity index (χ4v) is 6.00. The molecule has 0 aromatic heterocycles. The van der Waals surface area contributed by atoms with Crippen LogP contribution in [0.2, 0.25) is 0 Å². The molecule has 0 bridgehead atoms. The minimum atomic E-state index is -0.656. The zero-order valence-electron chi connectivity index (χ0n) is 34.8. The Morgan fingerprint density at radius 1 is 0.931 bits per heavy atom. The lowest BCUT2D eigenvalue weighted by Crippen LogP contribution is -2.46. The van der Waals surface area contributed by atoms with Crippen molar-refractivity contribution in [3.05, 3.63) is 125 Å². The van der Waals surface area contributed by atoms with Gasteiger partial charge in [0.25, 0.3) is 0 Å². The summed E-state index contributed by atoms with van der Waals surface area (Å²) in [6, 6.07) is 14.5. The van der Waals surface area contributed by atoms with Crippen LogP contribution < -0.4 is 31.7 Å². The third-order valence-corrected chi connectivity index (χ3v) is 9.65. The van der Waals surface area contributed by atoms with Crippen molar-refractivity contribution >= 4 is 42.1 Å². The number of amides is 3. The highest BCUT2D eigenvalue weighted by Gasteiger charge is 2.21. The summed E-state index contributed by atoms with van der Waals surface area (Å²) in [5.74, 6) is 2.01. The minimum absolute atomic E-state index is 0.0224. The van der Waals surface area contributed by atoms with E-state index in [4.69, 9.17) is 17.0 Å². The van der Waals surface area contributed by atoms with Crippen LogP contribution in [0.4, 0.5) is 5.69 Å². The molecule has 7 N–H and O–H groups in total. The third kappa shape index (κ3) is 22.5. The Hall–Kier alpha value is -5.23. The molecule has 1 aliphatic heterocycles. The van der Waals surface area contributed by atoms with E-state index in [2.05, 4.69) is 61.8 Å². The van der Waals surface area contributed by atoms with E-state index in [1.54, 1.807) is 0 Å². The van der Waals surface area contributed by atoms with Gasteiger partial charge in [-0.05, 0) is 73.7 Å². The van der Waals surface area contributed by atoms with E-state index >= 15 is 0 Å². The predicted molar refractivity (Wildman–Crippen MR) is 241 cm³/mol. The molecule has 0 spiro atoms. The Balaban J connectivity index is 0.00000134. The smallest absolute Gasteiger partial charge is 0.239 e. The van der Waals surface area contributed by atoms with Gasteiger partial charge in [0, 0.05) is 82.0 Å². The molecular formula is C45H64N8O4S. The quantitative estimate of drug-likeness (QED) is 0.0585. The summed E-state index contributed by atoms with van der Waals surface area (Å²) < 4.78 is 3.24. The number of hydrogen-bond donors (Lipinski definition) is 6. The maximum absolute atomic E-state index is 13.3. The maximum Gasteiger partial charge on any atom is 0.239 e. The van der Waals surface area contributed by atoms with E-state index in [1.807, 2.05) is 107 Å². The predicted octanol–water partition coefficient (Wildman–Crippen LogP) is 4.84. The van der Waals surface area contributed by atoms with Crippen LogP contribution in [0.15, 0.2) is 108 Å². The van der Waals surface area contributed by atoms with Crippen molar-refractivity contribution in [1.82, 2.24) is 30.5 Å². The van der Waals surface area contributed by atoms with Gasteiger partial charge >= 0.3 is 0 Å². The molecule has 1 aliphatic rings.